The Morgan fingerprint density at radius 2 is 1.56 bits per heavy atom. The van der Waals surface area contributed by atoms with Crippen molar-refractivity contribution in [1.29, 1.82) is 0 Å². The number of ether oxygens (including phenoxy) is 4. The molecule has 2 heterocycles. The Labute approximate surface area is 204 Å². The summed E-state index contributed by atoms with van der Waals surface area (Å²) >= 11 is 0. The highest BCUT2D eigenvalue weighted by molar-refractivity contribution is 6.09. The summed E-state index contributed by atoms with van der Waals surface area (Å²) in [5, 5.41) is 63.5. The smallest absolute Gasteiger partial charge is 0.163 e. The lowest BCUT2D eigenvalue weighted by Gasteiger charge is -2.35. The van der Waals surface area contributed by atoms with E-state index in [2.05, 4.69) is 5.16 Å². The van der Waals surface area contributed by atoms with Crippen LogP contribution in [-0.2, 0) is 0 Å². The zero-order chi connectivity index (χ0) is 25.6. The summed E-state index contributed by atoms with van der Waals surface area (Å²) in [6, 6.07) is 11.7. The van der Waals surface area contributed by atoms with Crippen LogP contribution >= 0.6 is 0 Å². The van der Waals surface area contributed by atoms with Crippen molar-refractivity contribution >= 4 is 5.71 Å². The molecule has 188 valence electrons. The van der Waals surface area contributed by atoms with Crippen molar-refractivity contribution in [3.05, 3.63) is 65.2 Å². The van der Waals surface area contributed by atoms with E-state index in [4.69, 9.17) is 18.9 Å². The number of benzene rings is 3. The molecular weight excluding hydrogens is 474 g/mol. The van der Waals surface area contributed by atoms with Crippen LogP contribution in [0.5, 0.6) is 40.2 Å². The average molecular weight is 497 g/mol. The lowest BCUT2D eigenvalue weighted by molar-refractivity contribution is -0.0128. The van der Waals surface area contributed by atoms with Crippen molar-refractivity contribution in [1.82, 2.24) is 0 Å². The van der Waals surface area contributed by atoms with Crippen molar-refractivity contribution in [2.45, 2.75) is 24.4 Å². The fourth-order valence-corrected chi connectivity index (χ4v) is 4.40. The number of hydrogen-bond acceptors (Lipinski definition) is 11. The molecule has 0 amide bonds. The lowest BCUT2D eigenvalue weighted by Crippen LogP contribution is -2.38. The number of oxime groups is 1. The second-order valence-corrected chi connectivity index (χ2v) is 8.32. The van der Waals surface area contributed by atoms with Gasteiger partial charge >= 0.3 is 0 Å². The molecule has 0 aromatic heterocycles. The van der Waals surface area contributed by atoms with E-state index in [0.717, 1.165) is 6.07 Å². The number of aliphatic hydroxyl groups excluding tert-OH is 2. The van der Waals surface area contributed by atoms with E-state index in [0.29, 0.717) is 16.9 Å². The van der Waals surface area contributed by atoms with Gasteiger partial charge in [-0.25, -0.2) is 0 Å². The Bertz CT molecular complexity index is 1340. The first kappa shape index (κ1) is 23.4. The summed E-state index contributed by atoms with van der Waals surface area (Å²) in [5.74, 6) is 0.131. The molecule has 0 unspecified atom stereocenters. The van der Waals surface area contributed by atoms with E-state index in [-0.39, 0.29) is 46.6 Å². The SMILES string of the molecule is COc1cc([C@H]2Oc3cc([C@H]4Oc5cc(O)cc(O)c5C(=NO)[C@@H]4O)ccc3O[C@@H]2CO)ccc1O. The van der Waals surface area contributed by atoms with Gasteiger partial charge in [0.15, 0.2) is 41.3 Å². The number of hydrogen-bond donors (Lipinski definition) is 6. The Morgan fingerprint density at radius 3 is 2.28 bits per heavy atom. The summed E-state index contributed by atoms with van der Waals surface area (Å²) in [4.78, 5) is 0. The largest absolute Gasteiger partial charge is 0.508 e. The van der Waals surface area contributed by atoms with Crippen LogP contribution in [0.3, 0.4) is 0 Å². The number of phenols is 3. The van der Waals surface area contributed by atoms with Gasteiger partial charge in [-0.1, -0.05) is 17.3 Å². The lowest BCUT2D eigenvalue weighted by atomic mass is 9.92. The molecule has 2 aliphatic rings. The highest BCUT2D eigenvalue weighted by Gasteiger charge is 2.40. The molecule has 0 saturated carbocycles. The zero-order valence-electron chi connectivity index (χ0n) is 18.9. The maximum Gasteiger partial charge on any atom is 0.163 e. The third-order valence-electron chi connectivity index (χ3n) is 6.13. The normalized spacial score (nSPS) is 23.6. The van der Waals surface area contributed by atoms with Gasteiger partial charge in [-0.2, -0.15) is 0 Å². The predicted octanol–water partition coefficient (Wildman–Crippen LogP) is 2.36. The molecule has 2 aliphatic heterocycles. The number of fused-ring (bicyclic) bond motifs is 2. The number of rotatable bonds is 4. The van der Waals surface area contributed by atoms with E-state index in [1.165, 1.54) is 19.2 Å². The Balaban J connectivity index is 1.51. The van der Waals surface area contributed by atoms with Gasteiger partial charge in [-0.15, -0.1) is 0 Å². The number of phenolic OH excluding ortho intramolecular Hbond substituents is 3. The summed E-state index contributed by atoms with van der Waals surface area (Å²) in [6.07, 6.45) is -4.06. The Kier molecular flexibility index (Phi) is 5.86. The molecule has 0 fully saturated rings. The summed E-state index contributed by atoms with van der Waals surface area (Å²) in [5.41, 5.74) is 0.735. The standard InChI is InChI=1S/C25H23NO10/c1-33-17-6-11(2-4-14(17)29)24-20(10-27)34-16-5-3-12(7-18(16)35-24)25-23(31)22(26-32)21-15(30)8-13(28)9-19(21)36-25/h2-9,20,23-25,27-32H,10H2,1H3/t20-,23+,24-,25-/m1/s1. The fraction of sp³-hybridized carbons (Fsp3) is 0.240. The first-order valence-corrected chi connectivity index (χ1v) is 10.9. The third kappa shape index (κ3) is 3.84. The van der Waals surface area contributed by atoms with E-state index in [1.807, 2.05) is 0 Å². The topological polar surface area (TPSA) is 171 Å². The number of methoxy groups -OCH3 is 1. The molecule has 0 radical (unpaired) electrons. The van der Waals surface area contributed by atoms with E-state index in [1.54, 1.807) is 30.3 Å². The molecule has 11 nitrogen and oxygen atoms in total. The summed E-state index contributed by atoms with van der Waals surface area (Å²) < 4.78 is 23.1. The van der Waals surface area contributed by atoms with Gasteiger partial charge in [0.05, 0.1) is 19.3 Å². The molecule has 0 bridgehead atoms. The quantitative estimate of drug-likeness (QED) is 0.232. The number of nitrogens with zero attached hydrogens (tertiary/aromatic N) is 1. The van der Waals surface area contributed by atoms with Gasteiger partial charge in [0, 0.05) is 17.7 Å². The highest BCUT2D eigenvalue weighted by atomic mass is 16.6. The minimum Gasteiger partial charge on any atom is -0.508 e. The average Bonchev–Trinajstić information content (AvgIpc) is 2.87. The maximum absolute atomic E-state index is 10.9. The zero-order valence-corrected chi connectivity index (χ0v) is 18.9. The molecule has 0 spiro atoms. The van der Waals surface area contributed by atoms with Gasteiger partial charge in [-0.3, -0.25) is 0 Å². The monoisotopic (exact) mass is 497 g/mol. The minimum atomic E-state index is -1.47. The molecule has 0 aliphatic carbocycles. The van der Waals surface area contributed by atoms with Crippen LogP contribution in [0.2, 0.25) is 0 Å². The predicted molar refractivity (Wildman–Crippen MR) is 123 cm³/mol. The molecule has 5 rings (SSSR count). The molecule has 11 heteroatoms. The van der Waals surface area contributed by atoms with Crippen LogP contribution in [0.1, 0.15) is 28.9 Å². The van der Waals surface area contributed by atoms with Crippen molar-refractivity contribution in [2.75, 3.05) is 13.7 Å². The Hall–Kier alpha value is -4.35. The van der Waals surface area contributed by atoms with Crippen LogP contribution in [0.25, 0.3) is 0 Å². The third-order valence-corrected chi connectivity index (χ3v) is 6.13. The molecule has 0 saturated heterocycles. The second kappa shape index (κ2) is 9.02. The fourth-order valence-electron chi connectivity index (χ4n) is 4.40. The van der Waals surface area contributed by atoms with Crippen LogP contribution in [-0.4, -0.2) is 62.4 Å². The van der Waals surface area contributed by atoms with Crippen molar-refractivity contribution in [3.63, 3.8) is 0 Å². The first-order valence-electron chi connectivity index (χ1n) is 10.9. The molecular formula is C25H23NO10. The van der Waals surface area contributed by atoms with Crippen molar-refractivity contribution in [2.24, 2.45) is 5.16 Å². The van der Waals surface area contributed by atoms with Gasteiger partial charge in [0.1, 0.15) is 29.1 Å². The molecule has 3 aromatic carbocycles. The molecule has 36 heavy (non-hydrogen) atoms. The Morgan fingerprint density at radius 1 is 0.833 bits per heavy atom. The second-order valence-electron chi connectivity index (χ2n) is 8.32. The van der Waals surface area contributed by atoms with E-state index < -0.39 is 30.2 Å². The van der Waals surface area contributed by atoms with Crippen LogP contribution in [0.4, 0.5) is 0 Å². The van der Waals surface area contributed by atoms with Crippen LogP contribution in [0.15, 0.2) is 53.7 Å². The minimum absolute atomic E-state index is 0.0138. The summed E-state index contributed by atoms with van der Waals surface area (Å²) in [7, 11) is 1.42. The summed E-state index contributed by atoms with van der Waals surface area (Å²) in [6.45, 7) is -0.348. The van der Waals surface area contributed by atoms with Crippen molar-refractivity contribution in [3.8, 4) is 40.2 Å². The molecule has 4 atom stereocenters. The first-order chi connectivity index (χ1) is 17.3. The van der Waals surface area contributed by atoms with Crippen molar-refractivity contribution < 1.29 is 49.7 Å². The highest BCUT2D eigenvalue weighted by Crippen LogP contribution is 2.46. The van der Waals surface area contributed by atoms with Gasteiger partial charge in [-0.05, 0) is 29.8 Å². The van der Waals surface area contributed by atoms with E-state index in [9.17, 15) is 30.7 Å². The van der Waals surface area contributed by atoms with Gasteiger partial charge < -0.3 is 49.7 Å². The van der Waals surface area contributed by atoms with Crippen LogP contribution < -0.4 is 18.9 Å². The van der Waals surface area contributed by atoms with Gasteiger partial charge in [0.25, 0.3) is 0 Å². The van der Waals surface area contributed by atoms with Gasteiger partial charge in [0.2, 0.25) is 0 Å². The number of aliphatic hydroxyl groups is 2. The molecule has 3 aromatic rings. The molecule has 6 N–H and O–H groups in total. The van der Waals surface area contributed by atoms with E-state index >= 15 is 0 Å². The maximum atomic E-state index is 10.9. The van der Waals surface area contributed by atoms with Crippen LogP contribution in [0, 0.1) is 0 Å². The number of aromatic hydroxyl groups is 3.